The fourth-order valence-electron chi connectivity index (χ4n) is 4.06. The summed E-state index contributed by atoms with van der Waals surface area (Å²) in [6.07, 6.45) is 1.77. The van der Waals surface area contributed by atoms with E-state index in [4.69, 9.17) is 39.5 Å². The third-order valence-corrected chi connectivity index (χ3v) is 6.43. The monoisotopic (exact) mass is 508 g/mol. The summed E-state index contributed by atoms with van der Waals surface area (Å²) in [5, 5.41) is 9.52. The molecule has 0 saturated carbocycles. The van der Waals surface area contributed by atoms with Crippen LogP contribution in [-0.2, 0) is 14.3 Å². The number of carbonyl (C=O) groups excluding carboxylic acids is 2. The number of hydrogen-bond donors (Lipinski definition) is 1. The summed E-state index contributed by atoms with van der Waals surface area (Å²) in [7, 11) is 0. The molecule has 7 nitrogen and oxygen atoms in total. The van der Waals surface area contributed by atoms with Gasteiger partial charge in [0.2, 0.25) is 0 Å². The van der Waals surface area contributed by atoms with E-state index in [0.29, 0.717) is 52.5 Å². The van der Waals surface area contributed by atoms with E-state index in [1.54, 1.807) is 47.3 Å². The Labute approximate surface area is 207 Å². The lowest BCUT2D eigenvalue weighted by Gasteiger charge is -2.25. The van der Waals surface area contributed by atoms with Crippen LogP contribution in [0.1, 0.15) is 37.8 Å². The number of nitrogens with one attached hydrogen (secondary N) is 1. The maximum Gasteiger partial charge on any atom is 0.325 e. The first-order valence-corrected chi connectivity index (χ1v) is 11.8. The van der Waals surface area contributed by atoms with Crippen molar-refractivity contribution >= 4 is 58.1 Å². The fourth-order valence-corrected chi connectivity index (χ4v) is 4.68. The molecule has 10 heteroatoms. The van der Waals surface area contributed by atoms with E-state index in [9.17, 15) is 9.59 Å². The minimum Gasteiger partial charge on any atom is -0.465 e. The SMILES string of the molecule is CCOC(=O)C1CCCN1NC(=O)C1=NN(c2ccc(Cl)cc2Cl)C(c2ccc(Cl)cc2)C1. The highest BCUT2D eigenvalue weighted by Crippen LogP contribution is 2.40. The Morgan fingerprint density at radius 3 is 2.55 bits per heavy atom. The first-order chi connectivity index (χ1) is 15.9. The van der Waals surface area contributed by atoms with Crippen LogP contribution in [0, 0.1) is 0 Å². The summed E-state index contributed by atoms with van der Waals surface area (Å²) < 4.78 is 5.14. The average molecular weight is 510 g/mol. The van der Waals surface area contributed by atoms with Crippen molar-refractivity contribution in [1.29, 1.82) is 0 Å². The average Bonchev–Trinajstić information content (AvgIpc) is 3.42. The number of rotatable bonds is 6. The van der Waals surface area contributed by atoms with Crippen molar-refractivity contribution in [3.8, 4) is 0 Å². The molecule has 2 aliphatic rings. The van der Waals surface area contributed by atoms with Gasteiger partial charge in [-0.05, 0) is 55.7 Å². The number of nitrogens with zero attached hydrogens (tertiary/aromatic N) is 3. The molecule has 2 heterocycles. The van der Waals surface area contributed by atoms with Crippen LogP contribution in [0.4, 0.5) is 5.69 Å². The molecule has 2 unspecified atom stereocenters. The third kappa shape index (κ3) is 5.27. The maximum atomic E-state index is 13.1. The molecule has 2 atom stereocenters. The molecule has 1 N–H and O–H groups in total. The van der Waals surface area contributed by atoms with Gasteiger partial charge in [-0.25, -0.2) is 5.01 Å². The Kier molecular flexibility index (Phi) is 7.44. The second kappa shape index (κ2) is 10.3. The fraction of sp³-hybridized carbons (Fsp3) is 0.348. The summed E-state index contributed by atoms with van der Waals surface area (Å²) in [4.78, 5) is 25.4. The molecular formula is C23H23Cl3N4O3. The number of hydrazine groups is 1. The van der Waals surface area contributed by atoms with Gasteiger partial charge >= 0.3 is 5.97 Å². The van der Waals surface area contributed by atoms with Gasteiger partial charge in [0.25, 0.3) is 5.91 Å². The predicted octanol–water partition coefficient (Wildman–Crippen LogP) is 5.01. The molecule has 2 aliphatic heterocycles. The topological polar surface area (TPSA) is 74.2 Å². The molecule has 174 valence electrons. The van der Waals surface area contributed by atoms with Gasteiger partial charge in [-0.3, -0.25) is 20.0 Å². The number of hydrazone groups is 1. The van der Waals surface area contributed by atoms with Crippen molar-refractivity contribution in [3.05, 3.63) is 63.1 Å². The standard InChI is InChI=1S/C23H23Cl3N4O3/c1-2-33-23(32)20-4-3-11-29(20)28-22(31)18-13-21(14-5-7-15(24)8-6-14)30(27-18)19-10-9-16(25)12-17(19)26/h5-10,12,20-21H,2-4,11,13H2,1H3,(H,28,31). The van der Waals surface area contributed by atoms with Crippen LogP contribution < -0.4 is 10.4 Å². The first kappa shape index (κ1) is 23.8. The van der Waals surface area contributed by atoms with Gasteiger partial charge < -0.3 is 4.74 Å². The Hall–Kier alpha value is -2.32. The van der Waals surface area contributed by atoms with Crippen LogP contribution >= 0.6 is 34.8 Å². The van der Waals surface area contributed by atoms with E-state index in [0.717, 1.165) is 12.0 Å². The molecule has 1 saturated heterocycles. The number of benzene rings is 2. The van der Waals surface area contributed by atoms with Gasteiger partial charge in [-0.1, -0.05) is 46.9 Å². The largest absolute Gasteiger partial charge is 0.465 e. The minimum atomic E-state index is -0.496. The zero-order valence-corrected chi connectivity index (χ0v) is 20.2. The highest BCUT2D eigenvalue weighted by Gasteiger charge is 2.37. The highest BCUT2D eigenvalue weighted by molar-refractivity contribution is 6.40. The Morgan fingerprint density at radius 1 is 1.12 bits per heavy atom. The third-order valence-electron chi connectivity index (χ3n) is 5.64. The number of halogens is 3. The Balaban J connectivity index is 1.59. The minimum absolute atomic E-state index is 0.263. The number of anilines is 1. The number of carbonyl (C=O) groups is 2. The van der Waals surface area contributed by atoms with Gasteiger partial charge in [0.1, 0.15) is 11.8 Å². The van der Waals surface area contributed by atoms with Crippen molar-refractivity contribution in [2.45, 2.75) is 38.3 Å². The highest BCUT2D eigenvalue weighted by atomic mass is 35.5. The second-order valence-corrected chi connectivity index (χ2v) is 9.08. The van der Waals surface area contributed by atoms with E-state index in [1.807, 2.05) is 12.1 Å². The number of esters is 1. The van der Waals surface area contributed by atoms with Crippen molar-refractivity contribution in [2.75, 3.05) is 18.2 Å². The predicted molar refractivity (Wildman–Crippen MR) is 130 cm³/mol. The molecule has 2 aromatic rings. The maximum absolute atomic E-state index is 13.1. The smallest absolute Gasteiger partial charge is 0.325 e. The van der Waals surface area contributed by atoms with Crippen LogP contribution in [0.15, 0.2) is 47.6 Å². The molecule has 1 fully saturated rings. The summed E-state index contributed by atoms with van der Waals surface area (Å²) in [5.74, 6) is -0.699. The van der Waals surface area contributed by atoms with E-state index < -0.39 is 6.04 Å². The van der Waals surface area contributed by atoms with Crippen molar-refractivity contribution in [1.82, 2.24) is 10.4 Å². The van der Waals surface area contributed by atoms with E-state index in [-0.39, 0.29) is 17.9 Å². The zero-order chi connectivity index (χ0) is 23.5. The number of hydrogen-bond acceptors (Lipinski definition) is 6. The van der Waals surface area contributed by atoms with E-state index in [2.05, 4.69) is 10.5 Å². The van der Waals surface area contributed by atoms with Gasteiger partial charge in [-0.15, -0.1) is 0 Å². The van der Waals surface area contributed by atoms with Crippen LogP contribution in [0.3, 0.4) is 0 Å². The molecule has 0 aromatic heterocycles. The summed E-state index contributed by atoms with van der Waals surface area (Å²) in [6, 6.07) is 11.8. The van der Waals surface area contributed by atoms with Gasteiger partial charge in [-0.2, -0.15) is 5.10 Å². The number of amides is 1. The lowest BCUT2D eigenvalue weighted by atomic mass is 10.0. The summed E-state index contributed by atoms with van der Waals surface area (Å²) in [6.45, 7) is 2.62. The molecular weight excluding hydrogens is 487 g/mol. The summed E-state index contributed by atoms with van der Waals surface area (Å²) >= 11 is 18.6. The van der Waals surface area contributed by atoms with Crippen LogP contribution in [0.25, 0.3) is 0 Å². The quantitative estimate of drug-likeness (QED) is 0.554. The second-order valence-electron chi connectivity index (χ2n) is 7.80. The van der Waals surface area contributed by atoms with Crippen molar-refractivity contribution in [3.63, 3.8) is 0 Å². The Morgan fingerprint density at radius 2 is 1.85 bits per heavy atom. The van der Waals surface area contributed by atoms with E-state index >= 15 is 0 Å². The van der Waals surface area contributed by atoms with Crippen LogP contribution in [0.2, 0.25) is 15.1 Å². The Bertz CT molecular complexity index is 1080. The molecule has 2 aromatic carbocycles. The first-order valence-electron chi connectivity index (χ1n) is 10.7. The van der Waals surface area contributed by atoms with Crippen molar-refractivity contribution in [2.24, 2.45) is 5.10 Å². The molecule has 1 amide bonds. The van der Waals surface area contributed by atoms with Gasteiger partial charge in [0.05, 0.1) is 23.4 Å². The summed E-state index contributed by atoms with van der Waals surface area (Å²) in [5.41, 5.74) is 4.74. The molecule has 0 spiro atoms. The molecule has 4 rings (SSSR count). The number of ether oxygens (including phenoxy) is 1. The normalized spacial score (nSPS) is 20.6. The van der Waals surface area contributed by atoms with Crippen LogP contribution in [0.5, 0.6) is 0 Å². The zero-order valence-electron chi connectivity index (χ0n) is 17.9. The lowest BCUT2D eigenvalue weighted by molar-refractivity contribution is -0.150. The van der Waals surface area contributed by atoms with Crippen LogP contribution in [-0.4, -0.2) is 41.8 Å². The van der Waals surface area contributed by atoms with Crippen molar-refractivity contribution < 1.29 is 14.3 Å². The molecule has 33 heavy (non-hydrogen) atoms. The van der Waals surface area contributed by atoms with Gasteiger partial charge in [0, 0.05) is 23.0 Å². The molecule has 0 aliphatic carbocycles. The van der Waals surface area contributed by atoms with Gasteiger partial charge in [0.15, 0.2) is 0 Å². The lowest BCUT2D eigenvalue weighted by Crippen LogP contribution is -2.50. The van der Waals surface area contributed by atoms with E-state index in [1.165, 1.54) is 0 Å². The molecule has 0 radical (unpaired) electrons. The molecule has 0 bridgehead atoms.